The lowest BCUT2D eigenvalue weighted by Gasteiger charge is -2.36. The molecular formula is C23H29N3O2. The fourth-order valence-electron chi connectivity index (χ4n) is 3.22. The zero-order valence-corrected chi connectivity index (χ0v) is 17.2. The van der Waals surface area contributed by atoms with Crippen molar-refractivity contribution in [1.82, 2.24) is 4.90 Å². The molecule has 0 radical (unpaired) electrons. The molecular weight excluding hydrogens is 350 g/mol. The molecule has 1 N–H and O–H groups in total. The van der Waals surface area contributed by atoms with Crippen molar-refractivity contribution in [2.75, 3.05) is 36.4 Å². The summed E-state index contributed by atoms with van der Waals surface area (Å²) in [6.45, 7) is 10.7. The summed E-state index contributed by atoms with van der Waals surface area (Å²) in [5.41, 5.74) is 3.23. The Labute approximate surface area is 167 Å². The lowest BCUT2D eigenvalue weighted by Crippen LogP contribution is -2.48. The number of nitrogens with one attached hydrogen (secondary N) is 1. The molecule has 5 heteroatoms. The van der Waals surface area contributed by atoms with Crippen LogP contribution >= 0.6 is 0 Å². The quantitative estimate of drug-likeness (QED) is 0.879. The summed E-state index contributed by atoms with van der Waals surface area (Å²) < 4.78 is 0. The molecule has 0 saturated carbocycles. The molecule has 0 bridgehead atoms. The number of aryl methyl sites for hydroxylation is 1. The van der Waals surface area contributed by atoms with Crippen LogP contribution in [0.3, 0.4) is 0 Å². The van der Waals surface area contributed by atoms with Crippen LogP contribution < -0.4 is 10.2 Å². The van der Waals surface area contributed by atoms with Gasteiger partial charge in [-0.05, 0) is 42.8 Å². The van der Waals surface area contributed by atoms with Crippen molar-refractivity contribution in [3.63, 3.8) is 0 Å². The molecule has 1 aliphatic heterocycles. The Hall–Kier alpha value is -2.82. The molecule has 28 heavy (non-hydrogen) atoms. The van der Waals surface area contributed by atoms with E-state index in [0.717, 1.165) is 13.1 Å². The van der Waals surface area contributed by atoms with Crippen LogP contribution in [-0.2, 0) is 4.79 Å². The number of benzene rings is 2. The van der Waals surface area contributed by atoms with Gasteiger partial charge in [0.25, 0.3) is 5.91 Å². The van der Waals surface area contributed by atoms with Gasteiger partial charge in [0, 0.05) is 48.5 Å². The highest BCUT2D eigenvalue weighted by Crippen LogP contribution is 2.21. The Bertz CT molecular complexity index is 862. The zero-order chi connectivity index (χ0) is 20.3. The van der Waals surface area contributed by atoms with E-state index >= 15 is 0 Å². The highest BCUT2D eigenvalue weighted by molar-refractivity contribution is 5.98. The van der Waals surface area contributed by atoms with Crippen molar-refractivity contribution in [1.29, 1.82) is 0 Å². The molecule has 0 spiro atoms. The largest absolute Gasteiger partial charge is 0.368 e. The first-order valence-electron chi connectivity index (χ1n) is 9.76. The lowest BCUT2D eigenvalue weighted by molar-refractivity contribution is -0.123. The van der Waals surface area contributed by atoms with Crippen molar-refractivity contribution in [3.05, 3.63) is 59.7 Å². The number of nitrogens with zero attached hydrogens (tertiary/aromatic N) is 2. The van der Waals surface area contributed by atoms with E-state index in [-0.39, 0.29) is 11.8 Å². The summed E-state index contributed by atoms with van der Waals surface area (Å²) in [5.74, 6) is -0.0559. The highest BCUT2D eigenvalue weighted by Gasteiger charge is 2.24. The second kappa shape index (κ2) is 8.05. The highest BCUT2D eigenvalue weighted by atomic mass is 16.2. The number of carbonyl (C=O) groups is 2. The Balaban J connectivity index is 1.64. The zero-order valence-electron chi connectivity index (χ0n) is 17.2. The first-order valence-corrected chi connectivity index (χ1v) is 9.76. The SMILES string of the molecule is Cc1cccc(N2CCN(C(=O)c3cccc(NC(=O)C(C)(C)C)c3)CC2)c1. The number of carbonyl (C=O) groups excluding carboxylic acids is 2. The van der Waals surface area contributed by atoms with Gasteiger partial charge in [0.1, 0.15) is 0 Å². The predicted molar refractivity (Wildman–Crippen MR) is 114 cm³/mol. The van der Waals surface area contributed by atoms with Gasteiger partial charge in [-0.25, -0.2) is 0 Å². The van der Waals surface area contributed by atoms with Gasteiger partial charge in [-0.2, -0.15) is 0 Å². The normalized spacial score (nSPS) is 14.7. The average molecular weight is 380 g/mol. The van der Waals surface area contributed by atoms with Gasteiger partial charge in [-0.3, -0.25) is 9.59 Å². The van der Waals surface area contributed by atoms with E-state index < -0.39 is 5.41 Å². The van der Waals surface area contributed by atoms with Gasteiger partial charge < -0.3 is 15.1 Å². The van der Waals surface area contributed by atoms with Gasteiger partial charge in [-0.1, -0.05) is 39.0 Å². The van der Waals surface area contributed by atoms with Crippen LogP contribution in [0.5, 0.6) is 0 Å². The van der Waals surface area contributed by atoms with E-state index in [2.05, 4.69) is 41.4 Å². The first kappa shape index (κ1) is 19.9. The molecule has 2 aromatic carbocycles. The fourth-order valence-corrected chi connectivity index (χ4v) is 3.22. The summed E-state index contributed by atoms with van der Waals surface area (Å²) >= 11 is 0. The molecule has 3 rings (SSSR count). The van der Waals surface area contributed by atoms with Crippen LogP contribution in [0.4, 0.5) is 11.4 Å². The van der Waals surface area contributed by atoms with E-state index in [1.807, 2.05) is 43.9 Å². The van der Waals surface area contributed by atoms with Gasteiger partial charge >= 0.3 is 0 Å². The van der Waals surface area contributed by atoms with Crippen molar-refractivity contribution in [2.24, 2.45) is 5.41 Å². The van der Waals surface area contributed by atoms with Gasteiger partial charge in [0.05, 0.1) is 0 Å². The van der Waals surface area contributed by atoms with E-state index in [1.54, 1.807) is 6.07 Å². The van der Waals surface area contributed by atoms with Crippen LogP contribution in [0.2, 0.25) is 0 Å². The standard InChI is InChI=1S/C23H29N3O2/c1-17-7-5-10-20(15-17)25-11-13-26(14-12-25)21(27)18-8-6-9-19(16-18)24-22(28)23(2,3)4/h5-10,15-16H,11-14H2,1-4H3,(H,24,28). The molecule has 0 aromatic heterocycles. The summed E-state index contributed by atoms with van der Waals surface area (Å²) in [6.07, 6.45) is 0. The molecule has 1 saturated heterocycles. The van der Waals surface area contributed by atoms with Gasteiger partial charge in [0.2, 0.25) is 5.91 Å². The summed E-state index contributed by atoms with van der Waals surface area (Å²) in [4.78, 5) is 29.3. The van der Waals surface area contributed by atoms with Crippen molar-refractivity contribution < 1.29 is 9.59 Å². The van der Waals surface area contributed by atoms with Crippen LogP contribution in [0, 0.1) is 12.3 Å². The predicted octanol–water partition coefficient (Wildman–Crippen LogP) is 3.94. The maximum absolute atomic E-state index is 12.9. The summed E-state index contributed by atoms with van der Waals surface area (Å²) in [7, 11) is 0. The minimum atomic E-state index is -0.480. The third-order valence-corrected chi connectivity index (χ3v) is 4.98. The fraction of sp³-hybridized carbons (Fsp3) is 0.391. The maximum Gasteiger partial charge on any atom is 0.254 e. The second-order valence-corrected chi connectivity index (χ2v) is 8.40. The Morgan fingerprint density at radius 3 is 2.25 bits per heavy atom. The molecule has 1 aliphatic rings. The minimum Gasteiger partial charge on any atom is -0.368 e. The number of piperazine rings is 1. The van der Waals surface area contributed by atoms with Crippen LogP contribution in [0.1, 0.15) is 36.7 Å². The molecule has 0 aliphatic carbocycles. The summed E-state index contributed by atoms with van der Waals surface area (Å²) in [5, 5.41) is 2.90. The third kappa shape index (κ3) is 4.71. The maximum atomic E-state index is 12.9. The topological polar surface area (TPSA) is 52.6 Å². The molecule has 1 heterocycles. The lowest BCUT2D eigenvalue weighted by atomic mass is 9.95. The van der Waals surface area contributed by atoms with E-state index in [9.17, 15) is 9.59 Å². The average Bonchev–Trinajstić information content (AvgIpc) is 2.67. The number of hydrogen-bond donors (Lipinski definition) is 1. The van der Waals surface area contributed by atoms with Crippen LogP contribution in [0.25, 0.3) is 0 Å². The van der Waals surface area contributed by atoms with Gasteiger partial charge in [0.15, 0.2) is 0 Å². The molecule has 0 atom stereocenters. The Morgan fingerprint density at radius 2 is 1.61 bits per heavy atom. The van der Waals surface area contributed by atoms with E-state index in [0.29, 0.717) is 24.3 Å². The van der Waals surface area contributed by atoms with Crippen molar-refractivity contribution in [3.8, 4) is 0 Å². The van der Waals surface area contributed by atoms with Crippen LogP contribution in [0.15, 0.2) is 48.5 Å². The number of anilines is 2. The molecule has 148 valence electrons. The van der Waals surface area contributed by atoms with Crippen molar-refractivity contribution >= 4 is 23.2 Å². The molecule has 2 amide bonds. The molecule has 2 aromatic rings. The smallest absolute Gasteiger partial charge is 0.254 e. The minimum absolute atomic E-state index is 0.00995. The second-order valence-electron chi connectivity index (χ2n) is 8.40. The monoisotopic (exact) mass is 379 g/mol. The summed E-state index contributed by atoms with van der Waals surface area (Å²) in [6, 6.07) is 15.7. The molecule has 0 unspecified atom stereocenters. The molecule has 5 nitrogen and oxygen atoms in total. The number of amides is 2. The third-order valence-electron chi connectivity index (χ3n) is 4.98. The van der Waals surface area contributed by atoms with Gasteiger partial charge in [-0.15, -0.1) is 0 Å². The first-order chi connectivity index (χ1) is 13.2. The number of rotatable bonds is 3. The van der Waals surface area contributed by atoms with Crippen molar-refractivity contribution in [2.45, 2.75) is 27.7 Å². The van der Waals surface area contributed by atoms with Crippen LogP contribution in [-0.4, -0.2) is 42.9 Å². The van der Waals surface area contributed by atoms with E-state index in [1.165, 1.54) is 11.3 Å². The Morgan fingerprint density at radius 1 is 0.929 bits per heavy atom. The van der Waals surface area contributed by atoms with E-state index in [4.69, 9.17) is 0 Å². The molecule has 1 fully saturated rings. The Kier molecular flexibility index (Phi) is 5.73. The number of hydrogen-bond acceptors (Lipinski definition) is 3.